The molecule has 0 radical (unpaired) electrons. The van der Waals surface area contributed by atoms with Crippen LogP contribution in [0.1, 0.15) is 53.9 Å². The van der Waals surface area contributed by atoms with Crippen LogP contribution in [0, 0.1) is 5.92 Å². The third kappa shape index (κ3) is 8.91. The number of rotatable bonds is 9. The van der Waals surface area contributed by atoms with Crippen LogP contribution in [-0.2, 0) is 4.74 Å². The minimum absolute atomic E-state index is 0. The maximum Gasteiger partial charge on any atom is 0.193 e. The van der Waals surface area contributed by atoms with Crippen molar-refractivity contribution in [3.8, 4) is 0 Å². The summed E-state index contributed by atoms with van der Waals surface area (Å²) < 4.78 is 5.75. The standard InChI is InChI=1S/C19H40N4O.HI/c1-7-22(8-2)17(14-16(4)5)15-21-19(20-6)23-12-10-18(11-13-23)24-9-3;/h16-18H,7-15H2,1-6H3,(H,20,21);1H. The summed E-state index contributed by atoms with van der Waals surface area (Å²) in [6.45, 7) is 17.3. The molecule has 1 unspecified atom stereocenters. The number of nitrogens with zero attached hydrogens (tertiary/aromatic N) is 3. The van der Waals surface area contributed by atoms with Crippen molar-refractivity contribution >= 4 is 29.9 Å². The Morgan fingerprint density at radius 1 is 1.20 bits per heavy atom. The topological polar surface area (TPSA) is 40.1 Å². The highest BCUT2D eigenvalue weighted by Gasteiger charge is 2.23. The third-order valence-corrected chi connectivity index (χ3v) is 4.92. The molecule has 1 heterocycles. The van der Waals surface area contributed by atoms with Crippen molar-refractivity contribution in [2.75, 3.05) is 46.4 Å². The molecule has 150 valence electrons. The molecule has 0 aromatic rings. The largest absolute Gasteiger partial charge is 0.378 e. The molecule has 0 aliphatic carbocycles. The van der Waals surface area contributed by atoms with Crippen LogP contribution in [0.2, 0.25) is 0 Å². The Hall–Kier alpha value is -0.0800. The fourth-order valence-corrected chi connectivity index (χ4v) is 3.66. The molecule has 1 aliphatic heterocycles. The lowest BCUT2D eigenvalue weighted by Crippen LogP contribution is -2.51. The van der Waals surface area contributed by atoms with Crippen molar-refractivity contribution in [3.05, 3.63) is 0 Å². The van der Waals surface area contributed by atoms with Gasteiger partial charge < -0.3 is 15.0 Å². The van der Waals surface area contributed by atoms with Gasteiger partial charge in [0.05, 0.1) is 6.10 Å². The van der Waals surface area contributed by atoms with Gasteiger partial charge in [-0.2, -0.15) is 0 Å². The van der Waals surface area contributed by atoms with Crippen LogP contribution in [0.3, 0.4) is 0 Å². The molecule has 0 bridgehead atoms. The van der Waals surface area contributed by atoms with E-state index in [2.05, 4.69) is 54.7 Å². The summed E-state index contributed by atoms with van der Waals surface area (Å²) in [4.78, 5) is 9.45. The SMILES string of the molecule is CCOC1CCN(C(=NC)NCC(CC(C)C)N(CC)CC)CC1.I. The summed E-state index contributed by atoms with van der Waals surface area (Å²) in [6, 6.07) is 0.567. The average Bonchev–Trinajstić information content (AvgIpc) is 2.57. The van der Waals surface area contributed by atoms with E-state index in [1.54, 1.807) is 0 Å². The van der Waals surface area contributed by atoms with Gasteiger partial charge in [0, 0.05) is 39.3 Å². The molecule has 5 nitrogen and oxygen atoms in total. The van der Waals surface area contributed by atoms with Crippen LogP contribution >= 0.6 is 24.0 Å². The number of piperidine rings is 1. The molecular formula is C19H41IN4O. The molecular weight excluding hydrogens is 427 g/mol. The van der Waals surface area contributed by atoms with Gasteiger partial charge in [0.25, 0.3) is 0 Å². The van der Waals surface area contributed by atoms with Crippen LogP contribution in [-0.4, -0.2) is 74.3 Å². The van der Waals surface area contributed by atoms with Gasteiger partial charge in [-0.1, -0.05) is 27.7 Å². The third-order valence-electron chi connectivity index (χ3n) is 4.92. The molecule has 25 heavy (non-hydrogen) atoms. The molecule has 1 fully saturated rings. The summed E-state index contributed by atoms with van der Waals surface area (Å²) in [5.41, 5.74) is 0. The van der Waals surface area contributed by atoms with E-state index in [1.807, 2.05) is 7.05 Å². The molecule has 1 atom stereocenters. The predicted molar refractivity (Wildman–Crippen MR) is 119 cm³/mol. The maximum absolute atomic E-state index is 5.75. The molecule has 1 N–H and O–H groups in total. The quantitative estimate of drug-likeness (QED) is 0.320. The van der Waals surface area contributed by atoms with Gasteiger partial charge in [0.15, 0.2) is 5.96 Å². The maximum atomic E-state index is 5.75. The van der Waals surface area contributed by atoms with Crippen molar-refractivity contribution < 1.29 is 4.74 Å². The lowest BCUT2D eigenvalue weighted by Gasteiger charge is -2.36. The highest BCUT2D eigenvalue weighted by molar-refractivity contribution is 14.0. The van der Waals surface area contributed by atoms with E-state index in [9.17, 15) is 0 Å². The number of likely N-dealkylation sites (tertiary alicyclic amines) is 1. The first-order valence-corrected chi connectivity index (χ1v) is 9.86. The molecule has 1 saturated heterocycles. The van der Waals surface area contributed by atoms with Crippen molar-refractivity contribution in [2.45, 2.75) is 66.0 Å². The van der Waals surface area contributed by atoms with Gasteiger partial charge in [-0.15, -0.1) is 24.0 Å². The van der Waals surface area contributed by atoms with E-state index in [-0.39, 0.29) is 24.0 Å². The monoisotopic (exact) mass is 468 g/mol. The molecule has 1 aliphatic rings. The Morgan fingerprint density at radius 2 is 1.80 bits per heavy atom. The molecule has 0 spiro atoms. The minimum atomic E-state index is 0. The summed E-state index contributed by atoms with van der Waals surface area (Å²) >= 11 is 0. The number of aliphatic imine (C=N–C) groups is 1. The number of halogens is 1. The lowest BCUT2D eigenvalue weighted by atomic mass is 10.0. The summed E-state index contributed by atoms with van der Waals surface area (Å²) in [6.07, 6.45) is 3.84. The first-order chi connectivity index (χ1) is 11.5. The zero-order chi connectivity index (χ0) is 17.9. The van der Waals surface area contributed by atoms with Crippen LogP contribution < -0.4 is 5.32 Å². The molecule has 0 amide bonds. The van der Waals surface area contributed by atoms with Crippen molar-refractivity contribution in [3.63, 3.8) is 0 Å². The second-order valence-electron chi connectivity index (χ2n) is 7.07. The Morgan fingerprint density at radius 3 is 2.24 bits per heavy atom. The van der Waals surface area contributed by atoms with E-state index < -0.39 is 0 Å². The van der Waals surface area contributed by atoms with E-state index in [0.717, 1.165) is 58.1 Å². The van der Waals surface area contributed by atoms with Gasteiger partial charge in [-0.3, -0.25) is 9.89 Å². The van der Waals surface area contributed by atoms with Crippen LogP contribution in [0.15, 0.2) is 4.99 Å². The minimum Gasteiger partial charge on any atom is -0.378 e. The summed E-state index contributed by atoms with van der Waals surface area (Å²) in [5, 5.41) is 3.63. The number of hydrogen-bond acceptors (Lipinski definition) is 3. The number of guanidine groups is 1. The second kappa shape index (κ2) is 14.0. The van der Waals surface area contributed by atoms with Crippen molar-refractivity contribution in [1.82, 2.24) is 15.1 Å². The van der Waals surface area contributed by atoms with Gasteiger partial charge in [0.2, 0.25) is 0 Å². The highest BCUT2D eigenvalue weighted by Crippen LogP contribution is 2.14. The Kier molecular flexibility index (Phi) is 14.0. The second-order valence-corrected chi connectivity index (χ2v) is 7.07. The van der Waals surface area contributed by atoms with E-state index in [0.29, 0.717) is 18.1 Å². The zero-order valence-electron chi connectivity index (χ0n) is 17.3. The Balaban J connectivity index is 0.00000576. The normalized spacial score (nSPS) is 17.8. The molecule has 0 aromatic carbocycles. The number of nitrogens with one attached hydrogen (secondary N) is 1. The fourth-order valence-electron chi connectivity index (χ4n) is 3.66. The van der Waals surface area contributed by atoms with Gasteiger partial charge in [0.1, 0.15) is 0 Å². The van der Waals surface area contributed by atoms with Gasteiger partial charge in [-0.25, -0.2) is 0 Å². The summed E-state index contributed by atoms with van der Waals surface area (Å²) in [5.74, 6) is 1.76. The van der Waals surface area contributed by atoms with Crippen molar-refractivity contribution in [1.29, 1.82) is 0 Å². The first-order valence-electron chi connectivity index (χ1n) is 9.86. The fraction of sp³-hybridized carbons (Fsp3) is 0.947. The summed E-state index contributed by atoms with van der Waals surface area (Å²) in [7, 11) is 1.89. The first kappa shape index (κ1) is 24.9. The number of likely N-dealkylation sites (N-methyl/N-ethyl adjacent to an activating group) is 1. The number of ether oxygens (including phenoxy) is 1. The average molecular weight is 468 g/mol. The smallest absolute Gasteiger partial charge is 0.193 e. The molecule has 1 rings (SSSR count). The molecule has 0 aromatic heterocycles. The van der Waals surface area contributed by atoms with Crippen molar-refractivity contribution in [2.24, 2.45) is 10.9 Å². The van der Waals surface area contributed by atoms with E-state index >= 15 is 0 Å². The van der Waals surface area contributed by atoms with Crippen LogP contribution in [0.25, 0.3) is 0 Å². The number of hydrogen-bond donors (Lipinski definition) is 1. The molecule has 0 saturated carbocycles. The lowest BCUT2D eigenvalue weighted by molar-refractivity contribution is 0.0263. The predicted octanol–water partition coefficient (Wildman–Crippen LogP) is 3.44. The van der Waals surface area contributed by atoms with E-state index in [1.165, 1.54) is 6.42 Å². The zero-order valence-corrected chi connectivity index (χ0v) is 19.6. The van der Waals surface area contributed by atoms with E-state index in [4.69, 9.17) is 4.74 Å². The van der Waals surface area contributed by atoms with Crippen LogP contribution in [0.4, 0.5) is 0 Å². The van der Waals surface area contributed by atoms with Crippen LogP contribution in [0.5, 0.6) is 0 Å². The Bertz CT molecular complexity index is 353. The molecule has 6 heteroatoms. The Labute approximate surface area is 173 Å². The van der Waals surface area contributed by atoms with Gasteiger partial charge in [-0.05, 0) is 45.2 Å². The van der Waals surface area contributed by atoms with Gasteiger partial charge >= 0.3 is 0 Å². The highest BCUT2D eigenvalue weighted by atomic mass is 127.